The second-order valence-electron chi connectivity index (χ2n) is 3.43. The number of fused-ring (bicyclic) bond motifs is 3. The van der Waals surface area contributed by atoms with Crippen molar-refractivity contribution in [3.8, 4) is 11.3 Å². The van der Waals surface area contributed by atoms with Gasteiger partial charge in [0.15, 0.2) is 5.76 Å². The fourth-order valence-corrected chi connectivity index (χ4v) is 2.20. The highest BCUT2D eigenvalue weighted by Gasteiger charge is 2.25. The number of benzene rings is 1. The number of nitrogens with zero attached hydrogens (tertiary/aromatic N) is 1. The molecule has 3 heteroatoms. The third-order valence-corrected chi connectivity index (χ3v) is 2.95. The zero-order valence-corrected chi connectivity index (χ0v) is 8.42. The maximum atomic E-state index is 5.33. The standard InChI is InChI=1S/C11H9NOS/c14-6-10-9-5-7-3-1-2-4-8(7)11(9)13-12-10/h1-4,14H,5-6H2. The Balaban J connectivity index is 2.23. The van der Waals surface area contributed by atoms with Crippen LogP contribution in [0.2, 0.25) is 0 Å². The Bertz CT molecular complexity index is 490. The van der Waals surface area contributed by atoms with Crippen LogP contribution < -0.4 is 0 Å². The molecule has 1 aromatic heterocycles. The minimum atomic E-state index is 0.646. The molecule has 70 valence electrons. The largest absolute Gasteiger partial charge is 0.356 e. The van der Waals surface area contributed by atoms with Gasteiger partial charge < -0.3 is 4.52 Å². The summed E-state index contributed by atoms with van der Waals surface area (Å²) in [6, 6.07) is 8.29. The lowest BCUT2D eigenvalue weighted by Crippen LogP contribution is -1.86. The topological polar surface area (TPSA) is 26.0 Å². The fourth-order valence-electron chi connectivity index (χ4n) is 1.95. The highest BCUT2D eigenvalue weighted by Crippen LogP contribution is 2.38. The molecule has 14 heavy (non-hydrogen) atoms. The van der Waals surface area contributed by atoms with Gasteiger partial charge in [-0.1, -0.05) is 29.4 Å². The third-order valence-electron chi connectivity index (χ3n) is 2.65. The van der Waals surface area contributed by atoms with Crippen LogP contribution in [0, 0.1) is 0 Å². The molecule has 1 heterocycles. The van der Waals surface area contributed by atoms with E-state index in [1.807, 2.05) is 6.07 Å². The predicted octanol–water partition coefficient (Wildman–Crippen LogP) is 2.68. The van der Waals surface area contributed by atoms with Crippen molar-refractivity contribution in [2.24, 2.45) is 0 Å². The molecule has 3 rings (SSSR count). The molecule has 0 amide bonds. The quantitative estimate of drug-likeness (QED) is 0.615. The fraction of sp³-hybridized carbons (Fsp3) is 0.182. The van der Waals surface area contributed by atoms with E-state index >= 15 is 0 Å². The van der Waals surface area contributed by atoms with Gasteiger partial charge in [-0.3, -0.25) is 0 Å². The van der Waals surface area contributed by atoms with Crippen molar-refractivity contribution in [3.63, 3.8) is 0 Å². The van der Waals surface area contributed by atoms with Crippen LogP contribution in [0.5, 0.6) is 0 Å². The lowest BCUT2D eigenvalue weighted by molar-refractivity contribution is 0.427. The van der Waals surface area contributed by atoms with Gasteiger partial charge in [0, 0.05) is 23.3 Å². The summed E-state index contributed by atoms with van der Waals surface area (Å²) in [6.07, 6.45) is 0.935. The third kappa shape index (κ3) is 0.960. The molecule has 0 aliphatic heterocycles. The Morgan fingerprint density at radius 3 is 3.07 bits per heavy atom. The molecule has 2 aromatic rings. The zero-order chi connectivity index (χ0) is 9.54. The molecular formula is C11H9NOS. The zero-order valence-electron chi connectivity index (χ0n) is 7.53. The normalized spacial score (nSPS) is 12.6. The molecule has 0 atom stereocenters. The van der Waals surface area contributed by atoms with Crippen LogP contribution in [-0.4, -0.2) is 5.16 Å². The van der Waals surface area contributed by atoms with Crippen molar-refractivity contribution in [2.45, 2.75) is 12.2 Å². The molecule has 0 saturated carbocycles. The molecule has 0 bridgehead atoms. The van der Waals surface area contributed by atoms with Gasteiger partial charge in [-0.2, -0.15) is 12.6 Å². The van der Waals surface area contributed by atoms with E-state index in [2.05, 4.69) is 36.0 Å². The maximum absolute atomic E-state index is 5.33. The van der Waals surface area contributed by atoms with Crippen LogP contribution in [0.1, 0.15) is 16.8 Å². The molecule has 1 aromatic carbocycles. The van der Waals surface area contributed by atoms with Gasteiger partial charge in [-0.25, -0.2) is 0 Å². The number of hydrogen-bond acceptors (Lipinski definition) is 3. The average molecular weight is 203 g/mol. The molecule has 0 N–H and O–H groups in total. The Morgan fingerprint density at radius 2 is 2.21 bits per heavy atom. The van der Waals surface area contributed by atoms with Gasteiger partial charge in [0.1, 0.15) is 0 Å². The summed E-state index contributed by atoms with van der Waals surface area (Å²) >= 11 is 4.23. The summed E-state index contributed by atoms with van der Waals surface area (Å²) in [5, 5.41) is 4.00. The first-order valence-corrected chi connectivity index (χ1v) is 5.20. The summed E-state index contributed by atoms with van der Waals surface area (Å²) in [7, 11) is 0. The first-order valence-electron chi connectivity index (χ1n) is 4.56. The monoisotopic (exact) mass is 203 g/mol. The van der Waals surface area contributed by atoms with Crippen LogP contribution in [0.3, 0.4) is 0 Å². The molecule has 0 unspecified atom stereocenters. The first-order chi connectivity index (χ1) is 6.90. The van der Waals surface area contributed by atoms with Crippen molar-refractivity contribution in [3.05, 3.63) is 41.1 Å². The lowest BCUT2D eigenvalue weighted by Gasteiger charge is -1.95. The Morgan fingerprint density at radius 1 is 1.36 bits per heavy atom. The van der Waals surface area contributed by atoms with Gasteiger partial charge in [0.05, 0.1) is 5.69 Å². The second-order valence-corrected chi connectivity index (χ2v) is 3.75. The van der Waals surface area contributed by atoms with Crippen molar-refractivity contribution < 1.29 is 4.52 Å². The summed E-state index contributed by atoms with van der Waals surface area (Å²) in [4.78, 5) is 0. The van der Waals surface area contributed by atoms with Crippen LogP contribution in [-0.2, 0) is 12.2 Å². The van der Waals surface area contributed by atoms with Gasteiger partial charge in [-0.05, 0) is 5.56 Å². The van der Waals surface area contributed by atoms with E-state index in [1.54, 1.807) is 0 Å². The number of rotatable bonds is 1. The first kappa shape index (κ1) is 8.12. The molecule has 0 radical (unpaired) electrons. The van der Waals surface area contributed by atoms with Crippen molar-refractivity contribution >= 4 is 12.6 Å². The summed E-state index contributed by atoms with van der Waals surface area (Å²) < 4.78 is 5.33. The van der Waals surface area contributed by atoms with Crippen molar-refractivity contribution in [1.29, 1.82) is 0 Å². The van der Waals surface area contributed by atoms with Crippen molar-refractivity contribution in [2.75, 3.05) is 0 Å². The van der Waals surface area contributed by atoms with Crippen LogP contribution in [0.25, 0.3) is 11.3 Å². The van der Waals surface area contributed by atoms with Crippen molar-refractivity contribution in [1.82, 2.24) is 5.16 Å². The number of aromatic nitrogens is 1. The van der Waals surface area contributed by atoms with Crippen LogP contribution in [0.4, 0.5) is 0 Å². The number of thiol groups is 1. The minimum absolute atomic E-state index is 0.646. The van der Waals surface area contributed by atoms with Gasteiger partial charge in [-0.15, -0.1) is 0 Å². The lowest BCUT2D eigenvalue weighted by atomic mass is 10.1. The van der Waals surface area contributed by atoms with E-state index < -0.39 is 0 Å². The molecule has 0 fully saturated rings. The Hall–Kier alpha value is -1.22. The van der Waals surface area contributed by atoms with Gasteiger partial charge in [0.25, 0.3) is 0 Å². The summed E-state index contributed by atoms with van der Waals surface area (Å²) in [5.74, 6) is 1.58. The summed E-state index contributed by atoms with van der Waals surface area (Å²) in [5.41, 5.74) is 4.69. The predicted molar refractivity (Wildman–Crippen MR) is 57.4 cm³/mol. The van der Waals surface area contributed by atoms with Gasteiger partial charge in [0.2, 0.25) is 0 Å². The molecular weight excluding hydrogens is 194 g/mol. The van der Waals surface area contributed by atoms with Crippen LogP contribution in [0.15, 0.2) is 28.8 Å². The molecule has 2 nitrogen and oxygen atoms in total. The SMILES string of the molecule is SCc1noc2c1Cc1ccccc1-2. The highest BCUT2D eigenvalue weighted by atomic mass is 32.1. The van der Waals surface area contributed by atoms with E-state index in [0.29, 0.717) is 5.75 Å². The van der Waals surface area contributed by atoms with Gasteiger partial charge >= 0.3 is 0 Å². The summed E-state index contributed by atoms with van der Waals surface area (Å²) in [6.45, 7) is 0. The van der Waals surface area contributed by atoms with E-state index in [9.17, 15) is 0 Å². The van der Waals surface area contributed by atoms with E-state index in [1.165, 1.54) is 16.7 Å². The molecule has 0 spiro atoms. The van der Waals surface area contributed by atoms with E-state index in [-0.39, 0.29) is 0 Å². The number of hydrogen-bond donors (Lipinski definition) is 1. The smallest absolute Gasteiger partial charge is 0.170 e. The molecule has 1 aliphatic carbocycles. The highest BCUT2D eigenvalue weighted by molar-refractivity contribution is 7.79. The van der Waals surface area contributed by atoms with E-state index in [0.717, 1.165) is 17.9 Å². The van der Waals surface area contributed by atoms with Crippen LogP contribution >= 0.6 is 12.6 Å². The molecule has 1 aliphatic rings. The molecule has 0 saturated heterocycles. The maximum Gasteiger partial charge on any atom is 0.170 e. The van der Waals surface area contributed by atoms with E-state index in [4.69, 9.17) is 4.52 Å². The second kappa shape index (κ2) is 2.89. The average Bonchev–Trinajstić information content (AvgIpc) is 2.75. The minimum Gasteiger partial charge on any atom is -0.356 e. The Kier molecular flexibility index (Phi) is 1.67. The Labute approximate surface area is 87.3 Å².